The molecule has 1 atom stereocenters. The summed E-state index contributed by atoms with van der Waals surface area (Å²) in [6.45, 7) is 1.42. The van der Waals surface area contributed by atoms with Gasteiger partial charge in [-0.05, 0) is 30.5 Å². The number of amides is 1. The zero-order chi connectivity index (χ0) is 23.0. The van der Waals surface area contributed by atoms with Gasteiger partial charge in [0.25, 0.3) is 0 Å². The number of nitrogens with zero attached hydrogens (tertiary/aromatic N) is 3. The maximum absolute atomic E-state index is 13.3. The minimum atomic E-state index is -1.56. The van der Waals surface area contributed by atoms with Crippen molar-refractivity contribution in [3.63, 3.8) is 0 Å². The van der Waals surface area contributed by atoms with Crippen LogP contribution in [0.3, 0.4) is 0 Å². The van der Waals surface area contributed by atoms with E-state index in [0.717, 1.165) is 31.5 Å². The Bertz CT molecular complexity index is 1090. The standard InChI is InChI=1S/C27H29N3O3.Ni/c31-25(32)18-28-26(21-12-5-2-6-13-21)22-14-7-8-15-23(22)29-27(33)24-16-9-17-30(24)19-20-10-3-1-4-11-20;/h1-8,10-15,24-25,31-32H,9,16-19H2,(H,28,29,33);/q;+2/p-1/t24-;/m1./s1. The number of para-hydroxylation sites is 1. The van der Waals surface area contributed by atoms with Crippen molar-refractivity contribution in [3.05, 3.63) is 107 Å². The second-order valence-corrected chi connectivity index (χ2v) is 8.12. The first kappa shape index (κ1) is 25.8. The van der Waals surface area contributed by atoms with Crippen molar-refractivity contribution in [3.8, 4) is 0 Å². The van der Waals surface area contributed by atoms with Crippen molar-refractivity contribution in [2.75, 3.05) is 13.1 Å². The molecule has 0 spiro atoms. The van der Waals surface area contributed by atoms with E-state index in [2.05, 4.69) is 27.3 Å². The van der Waals surface area contributed by atoms with E-state index in [9.17, 15) is 15.0 Å². The van der Waals surface area contributed by atoms with Crippen molar-refractivity contribution in [2.24, 2.45) is 4.99 Å². The SMILES string of the molecule is O=C([N-]c1ccccc1C(=NCC(O)O)c1ccccc1)[C@H]1CCCN1Cc1ccccc1.[Ni+2]. The third kappa shape index (κ3) is 6.61. The van der Waals surface area contributed by atoms with Crippen LogP contribution in [0, 0.1) is 0 Å². The first-order chi connectivity index (χ1) is 16.1. The van der Waals surface area contributed by atoms with Crippen molar-refractivity contribution in [2.45, 2.75) is 31.7 Å². The van der Waals surface area contributed by atoms with E-state index in [1.807, 2.05) is 66.7 Å². The minimum Gasteiger partial charge on any atom is -0.625 e. The van der Waals surface area contributed by atoms with Crippen LogP contribution in [0.2, 0.25) is 0 Å². The number of likely N-dealkylation sites (tertiary alicyclic amines) is 1. The molecule has 0 saturated carbocycles. The van der Waals surface area contributed by atoms with Crippen LogP contribution >= 0.6 is 0 Å². The van der Waals surface area contributed by atoms with Crippen LogP contribution in [0.4, 0.5) is 5.69 Å². The van der Waals surface area contributed by atoms with E-state index in [-0.39, 0.29) is 35.0 Å². The monoisotopic (exact) mass is 500 g/mol. The Kier molecular flexibility index (Phi) is 9.55. The van der Waals surface area contributed by atoms with E-state index in [1.165, 1.54) is 5.56 Å². The summed E-state index contributed by atoms with van der Waals surface area (Å²) in [5.41, 5.74) is 3.79. The number of hydrogen-bond acceptors (Lipinski definition) is 5. The van der Waals surface area contributed by atoms with E-state index >= 15 is 0 Å². The van der Waals surface area contributed by atoms with E-state index in [1.54, 1.807) is 6.07 Å². The van der Waals surface area contributed by atoms with Crippen LogP contribution in [-0.2, 0) is 27.8 Å². The van der Waals surface area contributed by atoms with Gasteiger partial charge in [-0.2, -0.15) is 0 Å². The summed E-state index contributed by atoms with van der Waals surface area (Å²) in [6, 6.07) is 26.8. The molecule has 2 N–H and O–H groups in total. The molecule has 6 nitrogen and oxygen atoms in total. The fourth-order valence-electron chi connectivity index (χ4n) is 4.18. The molecular weight excluding hydrogens is 473 g/mol. The Morgan fingerprint density at radius 1 is 0.971 bits per heavy atom. The number of carbonyl (C=O) groups excluding carboxylic acids is 1. The molecule has 0 radical (unpaired) electrons. The van der Waals surface area contributed by atoms with E-state index < -0.39 is 6.29 Å². The summed E-state index contributed by atoms with van der Waals surface area (Å²) in [5, 5.41) is 23.3. The second-order valence-electron chi connectivity index (χ2n) is 8.12. The minimum absolute atomic E-state index is 0. The van der Waals surface area contributed by atoms with Crippen molar-refractivity contribution in [1.82, 2.24) is 4.90 Å². The molecule has 178 valence electrons. The van der Waals surface area contributed by atoms with Gasteiger partial charge in [-0.1, -0.05) is 84.9 Å². The molecule has 1 saturated heterocycles. The van der Waals surface area contributed by atoms with Crippen LogP contribution in [0.15, 0.2) is 89.9 Å². The van der Waals surface area contributed by atoms with Gasteiger partial charge in [-0.3, -0.25) is 9.89 Å². The van der Waals surface area contributed by atoms with Crippen LogP contribution in [0.5, 0.6) is 0 Å². The van der Waals surface area contributed by atoms with Crippen LogP contribution in [-0.4, -0.2) is 52.2 Å². The predicted octanol–water partition coefficient (Wildman–Crippen LogP) is 4.03. The fraction of sp³-hybridized carbons (Fsp3) is 0.259. The van der Waals surface area contributed by atoms with Gasteiger partial charge >= 0.3 is 16.5 Å². The van der Waals surface area contributed by atoms with Gasteiger partial charge in [0.05, 0.1) is 24.2 Å². The summed E-state index contributed by atoms with van der Waals surface area (Å²) in [7, 11) is 0. The average Bonchev–Trinajstić information content (AvgIpc) is 3.29. The molecule has 0 unspecified atom stereocenters. The molecule has 1 fully saturated rings. The Morgan fingerprint density at radius 2 is 1.62 bits per heavy atom. The zero-order valence-corrected chi connectivity index (χ0v) is 19.7. The summed E-state index contributed by atoms with van der Waals surface area (Å²) in [6.07, 6.45) is 0.193. The topological polar surface area (TPSA) is 87.2 Å². The van der Waals surface area contributed by atoms with Gasteiger partial charge in [-0.25, -0.2) is 0 Å². The van der Waals surface area contributed by atoms with Gasteiger partial charge in [0.1, 0.15) is 0 Å². The third-order valence-electron chi connectivity index (χ3n) is 5.73. The van der Waals surface area contributed by atoms with Gasteiger partial charge < -0.3 is 20.3 Å². The maximum Gasteiger partial charge on any atom is 2.00 e. The molecule has 0 aliphatic carbocycles. The van der Waals surface area contributed by atoms with Gasteiger partial charge in [-0.15, -0.1) is 5.69 Å². The Hall–Kier alpha value is -2.83. The molecule has 1 aliphatic heterocycles. The summed E-state index contributed by atoms with van der Waals surface area (Å²) in [5.74, 6) is -0.162. The van der Waals surface area contributed by atoms with Crippen LogP contribution in [0.1, 0.15) is 29.5 Å². The normalized spacial score (nSPS) is 16.3. The number of aliphatic hydroxyl groups is 2. The molecule has 3 aromatic carbocycles. The molecule has 1 heterocycles. The largest absolute Gasteiger partial charge is 2.00 e. The van der Waals surface area contributed by atoms with Crippen LogP contribution in [0.25, 0.3) is 5.32 Å². The zero-order valence-electron chi connectivity index (χ0n) is 18.7. The van der Waals surface area contributed by atoms with E-state index in [4.69, 9.17) is 0 Å². The van der Waals surface area contributed by atoms with Crippen LogP contribution < -0.4 is 0 Å². The fourth-order valence-corrected chi connectivity index (χ4v) is 4.18. The Morgan fingerprint density at radius 3 is 2.32 bits per heavy atom. The first-order valence-electron chi connectivity index (χ1n) is 11.2. The quantitative estimate of drug-likeness (QED) is 0.277. The molecular formula is C27H28N3NiO3+. The number of hydrogen-bond donors (Lipinski definition) is 2. The molecule has 7 heteroatoms. The van der Waals surface area contributed by atoms with Crippen molar-refractivity contribution in [1.29, 1.82) is 0 Å². The number of aliphatic imine (C=N–C) groups is 1. The summed E-state index contributed by atoms with van der Waals surface area (Å²) in [4.78, 5) is 19.9. The predicted molar refractivity (Wildman–Crippen MR) is 130 cm³/mol. The first-order valence-corrected chi connectivity index (χ1v) is 11.2. The molecule has 0 aromatic heterocycles. The molecule has 34 heavy (non-hydrogen) atoms. The number of carbonyl (C=O) groups is 1. The number of rotatable bonds is 8. The third-order valence-corrected chi connectivity index (χ3v) is 5.73. The molecule has 3 aromatic rings. The van der Waals surface area contributed by atoms with Gasteiger partial charge in [0, 0.05) is 12.1 Å². The van der Waals surface area contributed by atoms with Crippen molar-refractivity contribution < 1.29 is 31.5 Å². The van der Waals surface area contributed by atoms with Gasteiger partial charge in [0.2, 0.25) is 0 Å². The van der Waals surface area contributed by atoms with Crippen molar-refractivity contribution >= 4 is 17.3 Å². The summed E-state index contributed by atoms with van der Waals surface area (Å²) < 4.78 is 0. The molecule has 1 aliphatic rings. The molecule has 4 rings (SSSR count). The Labute approximate surface area is 210 Å². The summed E-state index contributed by atoms with van der Waals surface area (Å²) >= 11 is 0. The van der Waals surface area contributed by atoms with Gasteiger partial charge in [0.15, 0.2) is 6.29 Å². The smallest absolute Gasteiger partial charge is 0.625 e. The maximum atomic E-state index is 13.3. The molecule has 1 amide bonds. The number of benzene rings is 3. The number of aliphatic hydroxyl groups excluding tert-OH is 1. The second kappa shape index (κ2) is 12.6. The average molecular weight is 501 g/mol. The Balaban J connectivity index is 0.00000324. The van der Waals surface area contributed by atoms with E-state index in [0.29, 0.717) is 17.0 Å². The molecule has 0 bridgehead atoms.